The van der Waals surface area contributed by atoms with Gasteiger partial charge in [-0.15, -0.1) is 11.3 Å². The summed E-state index contributed by atoms with van der Waals surface area (Å²) in [6.07, 6.45) is 0.736. The van der Waals surface area contributed by atoms with Crippen molar-refractivity contribution in [2.24, 2.45) is 0 Å². The van der Waals surface area contributed by atoms with Gasteiger partial charge in [0.1, 0.15) is 12.6 Å². The molecule has 9 heteroatoms. The van der Waals surface area contributed by atoms with Crippen LogP contribution in [0, 0.1) is 0 Å². The molecule has 0 aliphatic carbocycles. The number of hydrogen-bond donors (Lipinski definition) is 0. The first-order chi connectivity index (χ1) is 14.5. The molecule has 1 aromatic carbocycles. The largest absolute Gasteiger partial charge is 0.468 e. The lowest BCUT2D eigenvalue weighted by molar-refractivity contribution is -0.147. The molecule has 162 valence electrons. The van der Waals surface area contributed by atoms with Gasteiger partial charge in [-0.05, 0) is 29.7 Å². The van der Waals surface area contributed by atoms with Crippen LogP contribution in [0.4, 0.5) is 0 Å². The van der Waals surface area contributed by atoms with Crippen LogP contribution in [0.1, 0.15) is 22.0 Å². The standard InChI is InChI=1S/C21H24ClNO6S/c1-26-9-10-28-13-18(24)29-19-11-14-12-23(8-7-17(14)30-19)20(21(25)27-2)15-5-3-4-6-16(15)22/h3-6,11,20H,7-10,12-13H2,1-2H3/t20-/m0/s1. The predicted molar refractivity (Wildman–Crippen MR) is 113 cm³/mol. The summed E-state index contributed by atoms with van der Waals surface area (Å²) in [4.78, 5) is 27.7. The van der Waals surface area contributed by atoms with Gasteiger partial charge in [-0.2, -0.15) is 0 Å². The van der Waals surface area contributed by atoms with Crippen molar-refractivity contribution < 1.29 is 28.5 Å². The van der Waals surface area contributed by atoms with Gasteiger partial charge in [-0.3, -0.25) is 4.90 Å². The molecule has 30 heavy (non-hydrogen) atoms. The number of hydrogen-bond acceptors (Lipinski definition) is 8. The van der Waals surface area contributed by atoms with Gasteiger partial charge in [0.05, 0.1) is 20.3 Å². The molecule has 0 N–H and O–H groups in total. The summed E-state index contributed by atoms with van der Waals surface area (Å²) in [6, 6.07) is 8.52. The van der Waals surface area contributed by atoms with Crippen molar-refractivity contribution in [1.29, 1.82) is 0 Å². The van der Waals surface area contributed by atoms with Crippen molar-refractivity contribution in [3.8, 4) is 5.06 Å². The van der Waals surface area contributed by atoms with E-state index in [-0.39, 0.29) is 12.6 Å². The van der Waals surface area contributed by atoms with Crippen LogP contribution in [-0.2, 0) is 36.8 Å². The summed E-state index contributed by atoms with van der Waals surface area (Å²) in [5.41, 5.74) is 1.74. The summed E-state index contributed by atoms with van der Waals surface area (Å²) in [5, 5.41) is 1.04. The number of thiophene rings is 1. The van der Waals surface area contributed by atoms with Crippen molar-refractivity contribution in [2.45, 2.75) is 19.0 Å². The van der Waals surface area contributed by atoms with E-state index in [0.29, 0.717) is 42.0 Å². The Labute approximate surface area is 184 Å². The van der Waals surface area contributed by atoms with E-state index in [1.165, 1.54) is 18.4 Å². The zero-order valence-corrected chi connectivity index (χ0v) is 18.5. The Morgan fingerprint density at radius 1 is 1.23 bits per heavy atom. The Hall–Kier alpha value is -1.97. The van der Waals surface area contributed by atoms with Gasteiger partial charge in [-0.25, -0.2) is 9.59 Å². The summed E-state index contributed by atoms with van der Waals surface area (Å²) in [6.45, 7) is 1.81. The molecule has 0 fully saturated rings. The average Bonchev–Trinajstić information content (AvgIpc) is 3.14. The summed E-state index contributed by atoms with van der Waals surface area (Å²) >= 11 is 7.79. The number of methoxy groups -OCH3 is 2. The molecule has 2 aromatic rings. The van der Waals surface area contributed by atoms with Crippen LogP contribution >= 0.6 is 22.9 Å². The molecule has 0 radical (unpaired) electrons. The minimum atomic E-state index is -0.600. The molecule has 0 unspecified atom stereocenters. The third-order valence-electron chi connectivity index (χ3n) is 4.73. The summed E-state index contributed by atoms with van der Waals surface area (Å²) in [7, 11) is 2.94. The molecule has 0 saturated carbocycles. The SMILES string of the molecule is COCCOCC(=O)Oc1cc2c(s1)CCN([C@H](C(=O)OC)c1ccccc1Cl)C2. The van der Waals surface area contributed by atoms with Crippen molar-refractivity contribution in [3.63, 3.8) is 0 Å². The molecule has 0 bridgehead atoms. The molecule has 1 atom stereocenters. The van der Waals surface area contributed by atoms with Crippen LogP contribution in [0.3, 0.4) is 0 Å². The van der Waals surface area contributed by atoms with E-state index in [1.54, 1.807) is 13.2 Å². The first kappa shape index (κ1) is 22.7. The number of esters is 2. The number of ether oxygens (including phenoxy) is 4. The second-order valence-corrected chi connectivity index (χ2v) is 8.21. The van der Waals surface area contributed by atoms with E-state index < -0.39 is 12.0 Å². The number of rotatable bonds is 9. The van der Waals surface area contributed by atoms with E-state index >= 15 is 0 Å². The van der Waals surface area contributed by atoms with Crippen LogP contribution in [0.25, 0.3) is 0 Å². The third kappa shape index (κ3) is 5.59. The number of carbonyl (C=O) groups excluding carboxylic acids is 2. The van der Waals surface area contributed by atoms with Crippen molar-refractivity contribution in [1.82, 2.24) is 4.90 Å². The Kier molecular flexibility index (Phi) is 8.24. The van der Waals surface area contributed by atoms with E-state index in [4.69, 9.17) is 30.5 Å². The first-order valence-electron chi connectivity index (χ1n) is 9.48. The predicted octanol–water partition coefficient (Wildman–Crippen LogP) is 3.24. The Morgan fingerprint density at radius 2 is 2.03 bits per heavy atom. The monoisotopic (exact) mass is 453 g/mol. The van der Waals surface area contributed by atoms with Crippen LogP contribution in [0.2, 0.25) is 5.02 Å². The summed E-state index contributed by atoms with van der Waals surface area (Å²) < 4.78 is 20.5. The van der Waals surface area contributed by atoms with Gasteiger partial charge in [0.2, 0.25) is 0 Å². The smallest absolute Gasteiger partial charge is 0.338 e. The Morgan fingerprint density at radius 3 is 2.77 bits per heavy atom. The van der Waals surface area contributed by atoms with Crippen LogP contribution in [0.5, 0.6) is 5.06 Å². The fraction of sp³-hybridized carbons (Fsp3) is 0.429. The van der Waals surface area contributed by atoms with Crippen molar-refractivity contribution in [2.75, 3.05) is 40.6 Å². The van der Waals surface area contributed by atoms with E-state index in [0.717, 1.165) is 16.9 Å². The lowest BCUT2D eigenvalue weighted by Crippen LogP contribution is -2.38. The minimum absolute atomic E-state index is 0.130. The van der Waals surface area contributed by atoms with Gasteiger partial charge < -0.3 is 18.9 Å². The summed E-state index contributed by atoms with van der Waals surface area (Å²) in [5.74, 6) is -0.813. The van der Waals surface area contributed by atoms with Crippen LogP contribution in [0.15, 0.2) is 30.3 Å². The Bertz CT molecular complexity index is 886. The number of nitrogens with zero attached hydrogens (tertiary/aromatic N) is 1. The van der Waals surface area contributed by atoms with E-state index in [1.807, 2.05) is 29.2 Å². The maximum Gasteiger partial charge on any atom is 0.338 e. The Balaban J connectivity index is 1.69. The molecular formula is C21H24ClNO6S. The van der Waals surface area contributed by atoms with Gasteiger partial charge in [0.25, 0.3) is 0 Å². The minimum Gasteiger partial charge on any atom is -0.468 e. The molecule has 3 rings (SSSR count). The highest BCUT2D eigenvalue weighted by atomic mass is 35.5. The lowest BCUT2D eigenvalue weighted by atomic mass is 10.0. The van der Waals surface area contributed by atoms with E-state index in [9.17, 15) is 9.59 Å². The van der Waals surface area contributed by atoms with Crippen LogP contribution in [-0.4, -0.2) is 57.4 Å². The van der Waals surface area contributed by atoms with Crippen molar-refractivity contribution in [3.05, 3.63) is 51.4 Å². The highest BCUT2D eigenvalue weighted by Crippen LogP contribution is 2.37. The zero-order valence-electron chi connectivity index (χ0n) is 16.9. The molecule has 1 aliphatic heterocycles. The van der Waals surface area contributed by atoms with Gasteiger partial charge in [0.15, 0.2) is 5.06 Å². The normalized spacial score (nSPS) is 14.8. The fourth-order valence-corrected chi connectivity index (χ4v) is 4.58. The third-order valence-corrected chi connectivity index (χ3v) is 6.19. The number of fused-ring (bicyclic) bond motifs is 1. The lowest BCUT2D eigenvalue weighted by Gasteiger charge is -2.33. The molecule has 0 saturated heterocycles. The molecule has 0 spiro atoms. The van der Waals surface area contributed by atoms with Crippen LogP contribution < -0.4 is 4.74 Å². The number of carbonyl (C=O) groups is 2. The maximum absolute atomic E-state index is 12.6. The molecule has 1 aromatic heterocycles. The highest BCUT2D eigenvalue weighted by molar-refractivity contribution is 7.14. The first-order valence-corrected chi connectivity index (χ1v) is 10.7. The zero-order chi connectivity index (χ0) is 21.5. The average molecular weight is 454 g/mol. The van der Waals surface area contributed by atoms with Gasteiger partial charge in [0, 0.05) is 30.1 Å². The maximum atomic E-state index is 12.6. The molecule has 2 heterocycles. The van der Waals surface area contributed by atoms with Gasteiger partial charge >= 0.3 is 11.9 Å². The van der Waals surface area contributed by atoms with Gasteiger partial charge in [-0.1, -0.05) is 29.8 Å². The molecule has 7 nitrogen and oxygen atoms in total. The molecule has 0 amide bonds. The quantitative estimate of drug-likeness (QED) is 0.426. The topological polar surface area (TPSA) is 74.3 Å². The highest BCUT2D eigenvalue weighted by Gasteiger charge is 2.33. The number of benzene rings is 1. The number of halogens is 1. The fourth-order valence-electron chi connectivity index (χ4n) is 3.32. The van der Waals surface area contributed by atoms with E-state index in [2.05, 4.69) is 0 Å². The van der Waals surface area contributed by atoms with Crippen molar-refractivity contribution >= 4 is 34.9 Å². The second-order valence-electron chi connectivity index (χ2n) is 6.70. The second kappa shape index (κ2) is 10.9. The molecular weight excluding hydrogens is 430 g/mol. The molecule has 1 aliphatic rings.